The van der Waals surface area contributed by atoms with Gasteiger partial charge in [0, 0.05) is 39.0 Å². The number of hydrogen-bond acceptors (Lipinski definition) is 5. The van der Waals surface area contributed by atoms with Gasteiger partial charge in [-0.1, -0.05) is 0 Å². The van der Waals surface area contributed by atoms with Crippen molar-refractivity contribution >= 4 is 17.4 Å². The smallest absolute Gasteiger partial charge is 0.298 e. The SMILES string of the molecule is COC.COc1ccc2c(c1)c(OC=O)cn2CCCO. The predicted molar refractivity (Wildman–Crippen MR) is 79.8 cm³/mol. The van der Waals surface area contributed by atoms with E-state index in [2.05, 4.69) is 4.74 Å². The Morgan fingerprint density at radius 1 is 1.29 bits per heavy atom. The molecule has 0 atom stereocenters. The summed E-state index contributed by atoms with van der Waals surface area (Å²) in [4.78, 5) is 10.5. The first-order valence-electron chi connectivity index (χ1n) is 6.50. The molecule has 0 bridgehead atoms. The lowest BCUT2D eigenvalue weighted by Gasteiger charge is -2.04. The van der Waals surface area contributed by atoms with Crippen molar-refractivity contribution in [3.63, 3.8) is 0 Å². The molecule has 0 aliphatic rings. The second-order valence-electron chi connectivity index (χ2n) is 4.27. The summed E-state index contributed by atoms with van der Waals surface area (Å²) in [5.41, 5.74) is 0.945. The summed E-state index contributed by atoms with van der Waals surface area (Å²) in [6.07, 6.45) is 2.41. The van der Waals surface area contributed by atoms with Crippen molar-refractivity contribution in [2.75, 3.05) is 27.9 Å². The third-order valence-electron chi connectivity index (χ3n) is 2.78. The highest BCUT2D eigenvalue weighted by molar-refractivity contribution is 5.89. The molecule has 0 saturated carbocycles. The Balaban J connectivity index is 0.000000677. The number of rotatable bonds is 6. The number of benzene rings is 1. The van der Waals surface area contributed by atoms with Gasteiger partial charge in [-0.2, -0.15) is 0 Å². The Bertz CT molecular complexity index is 564. The number of hydrogen-bond donors (Lipinski definition) is 1. The molecule has 0 fully saturated rings. The predicted octanol–water partition coefficient (Wildman–Crippen LogP) is 1.83. The molecule has 0 aliphatic heterocycles. The van der Waals surface area contributed by atoms with E-state index in [9.17, 15) is 4.79 Å². The van der Waals surface area contributed by atoms with Crippen LogP contribution in [0.4, 0.5) is 0 Å². The van der Waals surface area contributed by atoms with Crippen LogP contribution in [0.15, 0.2) is 24.4 Å². The zero-order valence-corrected chi connectivity index (χ0v) is 12.5. The highest BCUT2D eigenvalue weighted by Crippen LogP contribution is 2.31. The molecule has 0 radical (unpaired) electrons. The lowest BCUT2D eigenvalue weighted by Crippen LogP contribution is -1.98. The van der Waals surface area contributed by atoms with Crippen LogP contribution < -0.4 is 9.47 Å². The quantitative estimate of drug-likeness (QED) is 0.823. The van der Waals surface area contributed by atoms with Crippen LogP contribution in [0.3, 0.4) is 0 Å². The second kappa shape index (κ2) is 8.99. The molecule has 116 valence electrons. The average Bonchev–Trinajstić information content (AvgIpc) is 2.83. The summed E-state index contributed by atoms with van der Waals surface area (Å²) in [5.74, 6) is 1.20. The number of nitrogens with zero attached hydrogens (tertiary/aromatic N) is 1. The van der Waals surface area contributed by atoms with Gasteiger partial charge in [-0.3, -0.25) is 4.79 Å². The van der Waals surface area contributed by atoms with Crippen LogP contribution in [0, 0.1) is 0 Å². The highest BCUT2D eigenvalue weighted by Gasteiger charge is 2.10. The molecule has 1 N–H and O–H groups in total. The number of aliphatic hydroxyl groups excluding tert-OH is 1. The fourth-order valence-electron chi connectivity index (χ4n) is 1.94. The molecule has 0 spiro atoms. The van der Waals surface area contributed by atoms with Crippen molar-refractivity contribution in [2.45, 2.75) is 13.0 Å². The number of ether oxygens (including phenoxy) is 3. The average molecular weight is 295 g/mol. The molecule has 0 amide bonds. The molecule has 2 aromatic rings. The molecule has 0 aliphatic carbocycles. The third-order valence-corrected chi connectivity index (χ3v) is 2.78. The van der Waals surface area contributed by atoms with Crippen molar-refractivity contribution in [2.24, 2.45) is 0 Å². The van der Waals surface area contributed by atoms with E-state index in [1.807, 2.05) is 22.8 Å². The highest BCUT2D eigenvalue weighted by atomic mass is 16.5. The van der Waals surface area contributed by atoms with Gasteiger partial charge >= 0.3 is 0 Å². The molecule has 0 saturated heterocycles. The summed E-state index contributed by atoms with van der Waals surface area (Å²) in [6, 6.07) is 5.58. The summed E-state index contributed by atoms with van der Waals surface area (Å²) < 4.78 is 16.3. The molecule has 6 heteroatoms. The maximum atomic E-state index is 10.5. The number of methoxy groups -OCH3 is 2. The number of aliphatic hydroxyl groups is 1. The maximum absolute atomic E-state index is 10.5. The van der Waals surface area contributed by atoms with Crippen LogP contribution in [-0.4, -0.2) is 44.1 Å². The maximum Gasteiger partial charge on any atom is 0.298 e. The Morgan fingerprint density at radius 2 is 2.00 bits per heavy atom. The zero-order valence-electron chi connectivity index (χ0n) is 12.5. The van der Waals surface area contributed by atoms with Gasteiger partial charge in [0.15, 0.2) is 5.75 Å². The molecule has 0 unspecified atom stereocenters. The van der Waals surface area contributed by atoms with E-state index in [0.29, 0.717) is 30.9 Å². The van der Waals surface area contributed by atoms with Gasteiger partial charge in [-0.05, 0) is 24.6 Å². The van der Waals surface area contributed by atoms with Crippen LogP contribution >= 0.6 is 0 Å². The van der Waals surface area contributed by atoms with Gasteiger partial charge < -0.3 is 23.9 Å². The van der Waals surface area contributed by atoms with Crippen molar-refractivity contribution in [3.8, 4) is 11.5 Å². The topological polar surface area (TPSA) is 69.9 Å². The Kier molecular flexibility index (Phi) is 7.28. The summed E-state index contributed by atoms with van der Waals surface area (Å²) in [7, 11) is 4.84. The van der Waals surface area contributed by atoms with Crippen LogP contribution in [-0.2, 0) is 16.1 Å². The summed E-state index contributed by atoms with van der Waals surface area (Å²) >= 11 is 0. The Hall–Kier alpha value is -2.05. The van der Waals surface area contributed by atoms with Crippen molar-refractivity contribution in [1.29, 1.82) is 0 Å². The minimum Gasteiger partial charge on any atom is -0.497 e. The monoisotopic (exact) mass is 295 g/mol. The summed E-state index contributed by atoms with van der Waals surface area (Å²) in [5, 5.41) is 9.69. The molecule has 1 aromatic carbocycles. The van der Waals surface area contributed by atoms with Crippen LogP contribution in [0.2, 0.25) is 0 Å². The van der Waals surface area contributed by atoms with E-state index in [-0.39, 0.29) is 6.61 Å². The van der Waals surface area contributed by atoms with E-state index in [1.165, 1.54) is 0 Å². The minimum absolute atomic E-state index is 0.125. The van der Waals surface area contributed by atoms with Crippen molar-refractivity contribution < 1.29 is 24.1 Å². The molecule has 21 heavy (non-hydrogen) atoms. The lowest BCUT2D eigenvalue weighted by atomic mass is 10.2. The van der Waals surface area contributed by atoms with E-state index < -0.39 is 0 Å². The number of aromatic nitrogens is 1. The number of fused-ring (bicyclic) bond motifs is 1. The molecular formula is C15H21NO5. The minimum atomic E-state index is 0.125. The normalized spacial score (nSPS) is 9.90. The van der Waals surface area contributed by atoms with Gasteiger partial charge in [0.05, 0.1) is 12.6 Å². The van der Waals surface area contributed by atoms with Crippen molar-refractivity contribution in [1.82, 2.24) is 4.57 Å². The first-order valence-corrected chi connectivity index (χ1v) is 6.50. The standard InChI is InChI=1S/C13H15NO4.C2H6O/c1-17-10-3-4-12-11(7-10)13(18-9-16)8-14(12)5-2-6-15;1-3-2/h3-4,7-9,15H,2,5-6H2,1H3;1-2H3. The number of carbonyl (C=O) groups is 1. The van der Waals surface area contributed by atoms with Crippen LogP contribution in [0.5, 0.6) is 11.5 Å². The van der Waals surface area contributed by atoms with E-state index >= 15 is 0 Å². The van der Waals surface area contributed by atoms with E-state index in [4.69, 9.17) is 14.6 Å². The molecule has 2 rings (SSSR count). The second-order valence-corrected chi connectivity index (χ2v) is 4.27. The van der Waals surface area contributed by atoms with Gasteiger partial charge in [0.25, 0.3) is 6.47 Å². The van der Waals surface area contributed by atoms with Gasteiger partial charge in [-0.25, -0.2) is 0 Å². The molecule has 6 nitrogen and oxygen atoms in total. The van der Waals surface area contributed by atoms with E-state index in [1.54, 1.807) is 27.5 Å². The van der Waals surface area contributed by atoms with Crippen molar-refractivity contribution in [3.05, 3.63) is 24.4 Å². The fourth-order valence-corrected chi connectivity index (χ4v) is 1.94. The largest absolute Gasteiger partial charge is 0.497 e. The number of aryl methyl sites for hydroxylation is 1. The Morgan fingerprint density at radius 3 is 2.57 bits per heavy atom. The van der Waals surface area contributed by atoms with Crippen LogP contribution in [0.1, 0.15) is 6.42 Å². The summed E-state index contributed by atoms with van der Waals surface area (Å²) in [6.45, 7) is 1.20. The van der Waals surface area contributed by atoms with Crippen LogP contribution in [0.25, 0.3) is 10.9 Å². The molecule has 1 heterocycles. The van der Waals surface area contributed by atoms with Gasteiger partial charge in [-0.15, -0.1) is 0 Å². The van der Waals surface area contributed by atoms with E-state index in [0.717, 1.165) is 10.9 Å². The fraction of sp³-hybridized carbons (Fsp3) is 0.400. The first kappa shape index (κ1) is 17.0. The lowest BCUT2D eigenvalue weighted by molar-refractivity contribution is -0.120. The molecule has 1 aromatic heterocycles. The Labute approximate surface area is 123 Å². The third kappa shape index (κ3) is 4.47. The van der Waals surface area contributed by atoms with Gasteiger partial charge in [0.1, 0.15) is 5.75 Å². The zero-order chi connectivity index (χ0) is 15.7. The molecular weight excluding hydrogens is 274 g/mol. The number of carbonyl (C=O) groups excluding carboxylic acids is 1. The van der Waals surface area contributed by atoms with Gasteiger partial charge in [0.2, 0.25) is 0 Å². The first-order chi connectivity index (χ1) is 10.2.